The number of ether oxygens (including phenoxy) is 8. The van der Waals surface area contributed by atoms with Gasteiger partial charge in [-0.2, -0.15) is 0 Å². The molecule has 2 fully saturated rings. The third-order valence-electron chi connectivity index (χ3n) is 4.14. The summed E-state index contributed by atoms with van der Waals surface area (Å²) in [5.74, 6) is -1.44. The third kappa shape index (κ3) is 27.9. The van der Waals surface area contributed by atoms with Crippen LogP contribution < -0.4 is 0 Å². The summed E-state index contributed by atoms with van der Waals surface area (Å²) >= 11 is 0. The molecule has 8 heteroatoms. The molecule has 0 radical (unpaired) electrons. The van der Waals surface area contributed by atoms with E-state index in [9.17, 15) is 0 Å². The summed E-state index contributed by atoms with van der Waals surface area (Å²) in [5, 5.41) is 0. The first-order chi connectivity index (χ1) is 14.2. The van der Waals surface area contributed by atoms with Crippen molar-refractivity contribution >= 4 is 0 Å². The zero-order chi connectivity index (χ0) is 24.6. The van der Waals surface area contributed by atoms with Crippen LogP contribution in [0.25, 0.3) is 0 Å². The van der Waals surface area contributed by atoms with E-state index in [1.165, 1.54) is 0 Å². The van der Waals surface area contributed by atoms with Gasteiger partial charge in [0.2, 0.25) is 0 Å². The topological polar surface area (TPSA) is 73.8 Å². The van der Waals surface area contributed by atoms with E-state index in [-0.39, 0.29) is 33.9 Å². The summed E-state index contributed by atoms with van der Waals surface area (Å²) in [5.41, 5.74) is 0. The lowest BCUT2D eigenvalue weighted by Gasteiger charge is -2.29. The maximum atomic E-state index is 5.25. The van der Waals surface area contributed by atoms with Crippen LogP contribution in [0.1, 0.15) is 97.9 Å². The van der Waals surface area contributed by atoms with Gasteiger partial charge < -0.3 is 37.9 Å². The standard InChI is InChI=1S/C7H16O2.C6H12O2.C5H10O2.C5H12O2.3CH4/c1-5-8-7(3,4)9-6-2;1-6(2)7-4-3-5-8-6;1-5(2)6-3-4-7-5;1-5(2,6-3)7-4;;;/h5-6H2,1-4H3;3-5H2,1-2H3;3-4H2,1-2H3;1-4H3;3*1H4. The monoisotopic (exact) mass is 502 g/mol. The quantitative estimate of drug-likeness (QED) is 0.374. The normalized spacial score (nSPS) is 18.0. The molecule has 0 unspecified atom stereocenters. The molecule has 0 aromatic heterocycles. The first-order valence-corrected chi connectivity index (χ1v) is 11.1. The minimum absolute atomic E-state index is 0. The molecule has 214 valence electrons. The number of hydrogen-bond acceptors (Lipinski definition) is 8. The van der Waals surface area contributed by atoms with Crippen LogP contribution in [0.4, 0.5) is 0 Å². The molecule has 0 saturated carbocycles. The third-order valence-corrected chi connectivity index (χ3v) is 4.14. The van der Waals surface area contributed by atoms with Crippen LogP contribution in [0, 0.1) is 0 Å². The Morgan fingerprint density at radius 2 is 0.882 bits per heavy atom. The van der Waals surface area contributed by atoms with E-state index in [4.69, 9.17) is 37.9 Å². The maximum absolute atomic E-state index is 5.25. The van der Waals surface area contributed by atoms with Gasteiger partial charge in [-0.3, -0.25) is 0 Å². The van der Waals surface area contributed by atoms with Gasteiger partial charge in [-0.25, -0.2) is 0 Å². The molecule has 2 rings (SSSR count). The zero-order valence-corrected chi connectivity index (χ0v) is 22.2. The Bertz CT molecular complexity index is 391. The van der Waals surface area contributed by atoms with E-state index in [1.807, 2.05) is 69.2 Å². The van der Waals surface area contributed by atoms with Gasteiger partial charge in [0.05, 0.1) is 26.4 Å². The van der Waals surface area contributed by atoms with E-state index in [1.54, 1.807) is 14.2 Å². The van der Waals surface area contributed by atoms with Crippen LogP contribution in [0.5, 0.6) is 0 Å². The molecule has 0 aliphatic carbocycles. The second-order valence-electron chi connectivity index (χ2n) is 8.62. The van der Waals surface area contributed by atoms with Gasteiger partial charge in [0.15, 0.2) is 23.1 Å². The minimum Gasteiger partial charge on any atom is -0.354 e. The van der Waals surface area contributed by atoms with E-state index >= 15 is 0 Å². The van der Waals surface area contributed by atoms with E-state index in [0.29, 0.717) is 13.2 Å². The van der Waals surface area contributed by atoms with Gasteiger partial charge in [0, 0.05) is 27.4 Å². The van der Waals surface area contributed by atoms with Crippen molar-refractivity contribution in [3.05, 3.63) is 0 Å². The summed E-state index contributed by atoms with van der Waals surface area (Å²) in [6.45, 7) is 23.7. The van der Waals surface area contributed by atoms with Crippen LogP contribution in [0.3, 0.4) is 0 Å². The zero-order valence-electron chi connectivity index (χ0n) is 22.2. The fraction of sp³-hybridized carbons (Fsp3) is 1.00. The van der Waals surface area contributed by atoms with E-state index in [2.05, 4.69) is 0 Å². The minimum atomic E-state index is -0.417. The van der Waals surface area contributed by atoms with Gasteiger partial charge in [-0.15, -0.1) is 0 Å². The molecule has 2 aliphatic heterocycles. The summed E-state index contributed by atoms with van der Waals surface area (Å²) in [6, 6.07) is 0. The van der Waals surface area contributed by atoms with Gasteiger partial charge >= 0.3 is 0 Å². The molecule has 8 nitrogen and oxygen atoms in total. The Morgan fingerprint density at radius 1 is 0.588 bits per heavy atom. The Labute approximate surface area is 213 Å². The lowest BCUT2D eigenvalue weighted by Crippen LogP contribution is -2.33. The Hall–Kier alpha value is -0.320. The van der Waals surface area contributed by atoms with Crippen molar-refractivity contribution in [2.45, 2.75) is 121 Å². The molecule has 0 amide bonds. The van der Waals surface area contributed by atoms with Gasteiger partial charge in [0.25, 0.3) is 0 Å². The molecular weight excluding hydrogens is 440 g/mol. The molecule has 0 aromatic rings. The molecule has 2 heterocycles. The first kappa shape index (κ1) is 43.7. The van der Waals surface area contributed by atoms with Gasteiger partial charge in [-0.05, 0) is 75.7 Å². The van der Waals surface area contributed by atoms with Crippen molar-refractivity contribution in [3.8, 4) is 0 Å². The highest BCUT2D eigenvalue weighted by atomic mass is 16.7. The predicted octanol–water partition coefficient (Wildman–Crippen LogP) is 6.65. The van der Waals surface area contributed by atoms with Crippen molar-refractivity contribution in [3.63, 3.8) is 0 Å². The van der Waals surface area contributed by atoms with E-state index in [0.717, 1.165) is 32.8 Å². The van der Waals surface area contributed by atoms with Crippen LogP contribution in [0.2, 0.25) is 0 Å². The molecule has 0 atom stereocenters. The summed E-state index contributed by atoms with van der Waals surface area (Å²) in [7, 11) is 3.23. The molecular formula is C26H62O8. The van der Waals surface area contributed by atoms with Crippen molar-refractivity contribution < 1.29 is 37.9 Å². The van der Waals surface area contributed by atoms with Crippen molar-refractivity contribution in [1.82, 2.24) is 0 Å². The average Bonchev–Trinajstić information content (AvgIpc) is 3.07. The van der Waals surface area contributed by atoms with Crippen molar-refractivity contribution in [2.24, 2.45) is 0 Å². The molecule has 2 aliphatic rings. The second kappa shape index (κ2) is 21.9. The van der Waals surface area contributed by atoms with Gasteiger partial charge in [0.1, 0.15) is 0 Å². The molecule has 0 N–H and O–H groups in total. The van der Waals surface area contributed by atoms with Crippen LogP contribution >= 0.6 is 0 Å². The largest absolute Gasteiger partial charge is 0.354 e. The maximum Gasteiger partial charge on any atom is 0.162 e. The molecule has 0 spiro atoms. The number of methoxy groups -OCH3 is 2. The molecule has 2 saturated heterocycles. The average molecular weight is 503 g/mol. The molecule has 0 aromatic carbocycles. The summed E-state index contributed by atoms with van der Waals surface area (Å²) < 4.78 is 40.9. The van der Waals surface area contributed by atoms with E-state index < -0.39 is 11.6 Å². The highest BCUT2D eigenvalue weighted by Crippen LogP contribution is 2.16. The SMILES string of the molecule is C.C.C.CC1(C)OCCCO1.CC1(C)OCCO1.CCOC(C)(C)OCC.COC(C)(C)OC. The summed E-state index contributed by atoms with van der Waals surface area (Å²) in [4.78, 5) is 0. The highest BCUT2D eigenvalue weighted by Gasteiger charge is 2.23. The smallest absolute Gasteiger partial charge is 0.162 e. The van der Waals surface area contributed by atoms with Crippen LogP contribution in [0.15, 0.2) is 0 Å². The molecule has 34 heavy (non-hydrogen) atoms. The van der Waals surface area contributed by atoms with Crippen molar-refractivity contribution in [2.75, 3.05) is 53.9 Å². The predicted molar refractivity (Wildman–Crippen MR) is 142 cm³/mol. The van der Waals surface area contributed by atoms with Crippen LogP contribution in [-0.2, 0) is 37.9 Å². The van der Waals surface area contributed by atoms with Gasteiger partial charge in [-0.1, -0.05) is 22.3 Å². The fourth-order valence-corrected chi connectivity index (χ4v) is 2.17. The number of rotatable bonds is 6. The Balaban J connectivity index is -0.000000107. The lowest BCUT2D eigenvalue weighted by molar-refractivity contribution is -0.244. The Kier molecular flexibility index (Phi) is 28.2. The summed E-state index contributed by atoms with van der Waals surface area (Å²) in [6.07, 6.45) is 1.03. The molecule has 0 bridgehead atoms. The first-order valence-electron chi connectivity index (χ1n) is 11.1. The lowest BCUT2D eigenvalue weighted by atomic mass is 10.3. The fourth-order valence-electron chi connectivity index (χ4n) is 2.17. The van der Waals surface area contributed by atoms with Crippen LogP contribution in [-0.4, -0.2) is 77.0 Å². The number of hydrogen-bond donors (Lipinski definition) is 0. The second-order valence-corrected chi connectivity index (χ2v) is 8.62. The Morgan fingerprint density at radius 3 is 1.03 bits per heavy atom. The van der Waals surface area contributed by atoms with Crippen molar-refractivity contribution in [1.29, 1.82) is 0 Å². The highest BCUT2D eigenvalue weighted by molar-refractivity contribution is 4.58.